The standard InChI is InChI=1S/C18H13NO3.C18H16O2.2C17H11NO2.C17H15NO2.C17H14O2/c1-11-7-14(21-2)17-15(8-11)22-16(18(17)20)9-12-3-5-13(10-19)6-4-12;1-12(2)14-9-7-13(8-10-14)11-17-18(19)15-5-3-4-6-16(15)20-17;1-11-2-7-15-14(8-11)17(19)16(20-15)9-12-3-5-13(10-18)6-4-12;1-11-2-7-14-15(8-11)20-16(17(14)19)9-12-3-5-13(10-18)6-4-12;1-18(2)13-9-7-12(8-10-13)11-16-17(19)14-5-3-4-6-15(14)20-16;1-2-12-7-9-13(10-8-12)11-16-17(18)14-5-3-4-6-15(14)19-16/h3-9H,1-2H3;3-12H,1-2H3;2*2-9H,1H3;3-11H,1-2H3;3-11H,2H2,1H3/b16-9-;17-11-;2*16-9-;2*16-11-. The molecule has 594 valence electrons. The zero-order chi connectivity index (χ0) is 85.4. The summed E-state index contributed by atoms with van der Waals surface area (Å²) in [6, 6.07) is 88.1. The maximum absolute atomic E-state index is 12.5. The highest BCUT2D eigenvalue weighted by Crippen LogP contribution is 2.41. The van der Waals surface area contributed by atoms with Crippen molar-refractivity contribution in [2.45, 2.75) is 53.9 Å². The Morgan fingerprint density at radius 3 is 1.02 bits per heavy atom. The monoisotopic (exact) mass is 1590 g/mol. The molecule has 12 aromatic rings. The predicted octanol–water partition coefficient (Wildman–Crippen LogP) is 22.1. The largest absolute Gasteiger partial charge is 0.496 e. The number of para-hydroxylation sites is 3. The van der Waals surface area contributed by atoms with Gasteiger partial charge in [0.15, 0.2) is 34.6 Å². The molecule has 6 aliphatic rings. The van der Waals surface area contributed by atoms with Gasteiger partial charge in [-0.2, -0.15) is 15.8 Å². The third-order valence-electron chi connectivity index (χ3n) is 19.8. The van der Waals surface area contributed by atoms with E-state index in [0.717, 1.165) is 62.2 Å². The molecule has 18 rings (SSSR count). The van der Waals surface area contributed by atoms with Gasteiger partial charge in [-0.3, -0.25) is 28.8 Å². The molecule has 0 spiro atoms. The van der Waals surface area contributed by atoms with Gasteiger partial charge in [-0.25, -0.2) is 0 Å². The Morgan fingerprint density at radius 1 is 0.339 bits per heavy atom. The third kappa shape index (κ3) is 19.9. The van der Waals surface area contributed by atoms with E-state index in [1.807, 2.05) is 185 Å². The van der Waals surface area contributed by atoms with Gasteiger partial charge >= 0.3 is 0 Å². The average molecular weight is 1590 g/mol. The van der Waals surface area contributed by atoms with Gasteiger partial charge in [-0.15, -0.1) is 0 Å². The van der Waals surface area contributed by atoms with Crippen molar-refractivity contribution in [1.82, 2.24) is 0 Å². The number of rotatable bonds is 10. The van der Waals surface area contributed by atoms with Crippen LogP contribution in [0, 0.1) is 54.8 Å². The normalized spacial score (nSPS) is 15.0. The van der Waals surface area contributed by atoms with E-state index < -0.39 is 0 Å². The van der Waals surface area contributed by atoms with Crippen LogP contribution in [0.4, 0.5) is 5.69 Å². The summed E-state index contributed by atoms with van der Waals surface area (Å²) in [5, 5.41) is 26.3. The second-order valence-electron chi connectivity index (χ2n) is 29.1. The van der Waals surface area contributed by atoms with Crippen molar-refractivity contribution < 1.29 is 61.9 Å². The van der Waals surface area contributed by atoms with E-state index in [9.17, 15) is 28.8 Å². The number of carbonyl (C=O) groups excluding carboxylic acids is 6. The maximum atomic E-state index is 12.5. The van der Waals surface area contributed by atoms with Crippen molar-refractivity contribution >= 4 is 76.8 Å². The van der Waals surface area contributed by atoms with Crippen molar-refractivity contribution in [3.63, 3.8) is 0 Å². The van der Waals surface area contributed by atoms with Crippen LogP contribution in [-0.4, -0.2) is 55.9 Å². The van der Waals surface area contributed by atoms with Crippen molar-refractivity contribution in [1.29, 1.82) is 15.8 Å². The van der Waals surface area contributed by atoms with Crippen LogP contribution in [0.15, 0.2) is 301 Å². The average Bonchev–Trinajstić information content (AvgIpc) is 1.63. The fourth-order valence-corrected chi connectivity index (χ4v) is 13.1. The number of allylic oxidation sites excluding steroid dienone is 6. The number of methoxy groups -OCH3 is 1. The molecule has 0 unspecified atom stereocenters. The van der Waals surface area contributed by atoms with Crippen LogP contribution in [0.1, 0.15) is 167 Å². The minimum absolute atomic E-state index is 0.0461. The number of hydrogen-bond acceptors (Lipinski definition) is 17. The van der Waals surface area contributed by atoms with Crippen LogP contribution in [0.5, 0.6) is 40.2 Å². The molecule has 0 fully saturated rings. The van der Waals surface area contributed by atoms with Crippen LogP contribution in [0.3, 0.4) is 0 Å². The number of Topliss-reactive ketones (excluding diaryl/α,β-unsaturated/α-hetero) is 6. The second kappa shape index (κ2) is 37.7. The Labute approximate surface area is 701 Å². The van der Waals surface area contributed by atoms with Crippen molar-refractivity contribution in [3.05, 3.63) is 413 Å². The van der Waals surface area contributed by atoms with Crippen molar-refractivity contribution in [2.75, 3.05) is 26.1 Å². The van der Waals surface area contributed by atoms with E-state index >= 15 is 0 Å². The van der Waals surface area contributed by atoms with E-state index in [4.69, 9.17) is 48.9 Å². The fraction of sp³-hybridized carbons (Fsp3) is 0.106. The summed E-state index contributed by atoms with van der Waals surface area (Å²) in [4.78, 5) is 75.4. The highest BCUT2D eigenvalue weighted by atomic mass is 16.5. The molecule has 0 aliphatic carbocycles. The predicted molar refractivity (Wildman–Crippen MR) is 468 cm³/mol. The molecule has 12 aromatic carbocycles. The molecular formula is C104H80N4O13. The first-order valence-corrected chi connectivity index (χ1v) is 38.8. The zero-order valence-electron chi connectivity index (χ0n) is 67.7. The first-order valence-electron chi connectivity index (χ1n) is 38.8. The molecule has 6 heterocycles. The number of benzene rings is 12. The highest BCUT2D eigenvalue weighted by molar-refractivity contribution is 6.18. The summed E-state index contributed by atoms with van der Waals surface area (Å²) in [5.74, 6) is 6.15. The molecule has 0 atom stereocenters. The Bertz CT molecular complexity index is 6200. The van der Waals surface area contributed by atoms with Crippen LogP contribution >= 0.6 is 0 Å². The number of anilines is 1. The summed E-state index contributed by atoms with van der Waals surface area (Å²) in [6.45, 7) is 12.3. The number of ketones is 6. The number of aryl methyl sites for hydroxylation is 4. The molecule has 0 radical (unpaired) electrons. The number of nitriles is 3. The van der Waals surface area contributed by atoms with Crippen LogP contribution in [-0.2, 0) is 6.42 Å². The molecule has 6 aliphatic heterocycles. The van der Waals surface area contributed by atoms with E-state index in [1.54, 1.807) is 134 Å². The zero-order valence-corrected chi connectivity index (χ0v) is 67.7. The molecule has 0 N–H and O–H groups in total. The number of nitrogens with zero attached hydrogens (tertiary/aromatic N) is 4. The van der Waals surface area contributed by atoms with Crippen LogP contribution in [0.2, 0.25) is 0 Å². The number of carbonyl (C=O) groups is 6. The fourth-order valence-electron chi connectivity index (χ4n) is 13.1. The minimum Gasteiger partial charge on any atom is -0.496 e. The molecule has 17 nitrogen and oxygen atoms in total. The number of hydrogen-bond donors (Lipinski definition) is 0. The maximum Gasteiger partial charge on any atom is 0.235 e. The van der Waals surface area contributed by atoms with Gasteiger partial charge in [-0.05, 0) is 247 Å². The van der Waals surface area contributed by atoms with E-state index in [-0.39, 0.29) is 40.5 Å². The third-order valence-corrected chi connectivity index (χ3v) is 19.8. The van der Waals surface area contributed by atoms with Gasteiger partial charge in [-0.1, -0.05) is 172 Å². The lowest BCUT2D eigenvalue weighted by Crippen LogP contribution is -2.08. The summed E-state index contributed by atoms with van der Waals surface area (Å²) in [6.07, 6.45) is 11.4. The van der Waals surface area contributed by atoms with Gasteiger partial charge < -0.3 is 38.1 Å². The Hall–Kier alpha value is -16.0. The smallest absolute Gasteiger partial charge is 0.235 e. The molecule has 121 heavy (non-hydrogen) atoms. The molecule has 0 amide bonds. The summed E-state index contributed by atoms with van der Waals surface area (Å²) in [5.41, 5.74) is 17.4. The molecule has 17 heteroatoms. The van der Waals surface area contributed by atoms with Gasteiger partial charge in [0.25, 0.3) is 0 Å². The van der Waals surface area contributed by atoms with Crippen LogP contribution in [0.25, 0.3) is 36.5 Å². The van der Waals surface area contributed by atoms with Gasteiger partial charge in [0.05, 0.1) is 69.8 Å². The minimum atomic E-state index is -0.198. The van der Waals surface area contributed by atoms with E-state index in [1.165, 1.54) is 18.2 Å². The van der Waals surface area contributed by atoms with Crippen LogP contribution < -0.4 is 38.1 Å². The Morgan fingerprint density at radius 2 is 0.653 bits per heavy atom. The SMILES string of the molecule is CC(C)c1ccc(/C=C2\Oc3ccccc3C2=O)cc1.CCc1ccc(/C=C2\Oc3ccccc3C2=O)cc1.CN(C)c1ccc(/C=C2\Oc3ccccc3C2=O)cc1.COc1cc(C)cc2c1C(=O)/C(=C/c1ccc(C#N)cc1)O2.Cc1ccc2c(c1)C(=O)/C(=C/c1ccc(C#N)cc1)O2.Cc1ccc2c(c1)O/C(=C\c1ccc(C#N)cc1)C2=O. The quantitative estimate of drug-likeness (QED) is 0.116. The molecular weight excluding hydrogens is 1510 g/mol. The molecule has 0 saturated heterocycles. The number of ether oxygens (including phenoxy) is 7. The van der Waals surface area contributed by atoms with Gasteiger partial charge in [0.1, 0.15) is 45.8 Å². The summed E-state index contributed by atoms with van der Waals surface area (Å²) >= 11 is 0. The van der Waals surface area contributed by atoms with E-state index in [2.05, 4.69) is 63.2 Å². The van der Waals surface area contributed by atoms with Gasteiger partial charge in [0.2, 0.25) is 34.7 Å². The topological polar surface area (TPSA) is 242 Å². The Kier molecular flexibility index (Phi) is 25.8. The second-order valence-corrected chi connectivity index (χ2v) is 29.1. The number of fused-ring (bicyclic) bond motifs is 6. The Balaban J connectivity index is 0.000000125. The molecule has 0 bridgehead atoms. The first-order chi connectivity index (χ1) is 58.5. The first kappa shape index (κ1) is 82.9. The lowest BCUT2D eigenvalue weighted by molar-refractivity contribution is 0.100. The summed E-state index contributed by atoms with van der Waals surface area (Å²) < 4.78 is 38.9. The molecule has 0 aromatic heterocycles. The summed E-state index contributed by atoms with van der Waals surface area (Å²) in [7, 11) is 5.52. The van der Waals surface area contributed by atoms with Crippen molar-refractivity contribution in [3.8, 4) is 58.5 Å². The molecule has 0 saturated carbocycles. The van der Waals surface area contributed by atoms with Crippen molar-refractivity contribution in [2.24, 2.45) is 0 Å². The lowest BCUT2D eigenvalue weighted by atomic mass is 10.0. The van der Waals surface area contributed by atoms with E-state index in [0.29, 0.717) is 125 Å². The highest BCUT2D eigenvalue weighted by Gasteiger charge is 2.34. The lowest BCUT2D eigenvalue weighted by Gasteiger charge is -2.11. The van der Waals surface area contributed by atoms with Gasteiger partial charge in [0, 0.05) is 19.8 Å².